The van der Waals surface area contributed by atoms with E-state index in [1.54, 1.807) is 0 Å². The van der Waals surface area contributed by atoms with E-state index in [0.29, 0.717) is 13.2 Å². The Labute approximate surface area is 195 Å². The molecule has 6 heteroatoms. The van der Waals surface area contributed by atoms with Crippen LogP contribution in [0.5, 0.6) is 5.75 Å². The van der Waals surface area contributed by atoms with Gasteiger partial charge in [0.15, 0.2) is 0 Å². The number of imidazole rings is 1. The number of nitrogens with zero attached hydrogens (tertiary/aromatic N) is 2. The molecule has 0 saturated heterocycles. The minimum Gasteiger partial charge on any atom is -0.494 e. The Hall–Kier alpha value is -2.53. The number of aromatic nitrogens is 2. The average molecular weight is 454 g/mol. The Morgan fingerprint density at radius 1 is 1.16 bits per heavy atom. The lowest BCUT2D eigenvalue weighted by Crippen LogP contribution is -2.32. The van der Waals surface area contributed by atoms with Gasteiger partial charge in [0, 0.05) is 17.5 Å². The molecule has 0 atom stereocenters. The van der Waals surface area contributed by atoms with Gasteiger partial charge in [-0.3, -0.25) is 4.79 Å². The lowest BCUT2D eigenvalue weighted by Gasteiger charge is -2.20. The Kier molecular flexibility index (Phi) is 7.69. The molecule has 32 heavy (non-hydrogen) atoms. The summed E-state index contributed by atoms with van der Waals surface area (Å²) >= 11 is 6.08. The predicted molar refractivity (Wildman–Crippen MR) is 129 cm³/mol. The summed E-state index contributed by atoms with van der Waals surface area (Å²) in [7, 11) is 0. The number of amides is 1. The van der Waals surface area contributed by atoms with Crippen LogP contribution in [-0.4, -0.2) is 22.1 Å². The van der Waals surface area contributed by atoms with Gasteiger partial charge in [-0.2, -0.15) is 0 Å². The van der Waals surface area contributed by atoms with Crippen LogP contribution in [0, 0.1) is 12.8 Å². The number of rotatable bonds is 9. The van der Waals surface area contributed by atoms with Crippen molar-refractivity contribution in [1.29, 1.82) is 0 Å². The second kappa shape index (κ2) is 10.9. The van der Waals surface area contributed by atoms with Crippen molar-refractivity contribution >= 4 is 28.5 Å². The van der Waals surface area contributed by atoms with E-state index in [4.69, 9.17) is 21.3 Å². The third-order valence-corrected chi connectivity index (χ3v) is 6.73. The zero-order chi connectivity index (χ0) is 22.3. The summed E-state index contributed by atoms with van der Waals surface area (Å²) in [4.78, 5) is 17.4. The molecule has 1 aromatic heterocycles. The number of fused-ring (bicyclic) bond motifs is 1. The largest absolute Gasteiger partial charge is 0.494 e. The summed E-state index contributed by atoms with van der Waals surface area (Å²) in [6.45, 7) is 3.96. The summed E-state index contributed by atoms with van der Waals surface area (Å²) < 4.78 is 8.12. The fraction of sp³-hybridized carbons (Fsp3) is 0.462. The van der Waals surface area contributed by atoms with E-state index < -0.39 is 0 Å². The van der Waals surface area contributed by atoms with Gasteiger partial charge >= 0.3 is 0 Å². The zero-order valence-electron chi connectivity index (χ0n) is 18.8. The summed E-state index contributed by atoms with van der Waals surface area (Å²) in [5, 5.41) is 3.90. The van der Waals surface area contributed by atoms with Gasteiger partial charge < -0.3 is 14.6 Å². The van der Waals surface area contributed by atoms with Crippen molar-refractivity contribution in [3.8, 4) is 5.75 Å². The average Bonchev–Trinajstić information content (AvgIpc) is 3.17. The molecule has 1 N–H and O–H groups in total. The second-order valence-electron chi connectivity index (χ2n) is 8.69. The lowest BCUT2D eigenvalue weighted by atomic mass is 9.89. The summed E-state index contributed by atoms with van der Waals surface area (Å²) in [5.74, 6) is 2.11. The van der Waals surface area contributed by atoms with Gasteiger partial charge in [0.25, 0.3) is 0 Å². The Morgan fingerprint density at radius 2 is 1.97 bits per heavy atom. The lowest BCUT2D eigenvalue weighted by molar-refractivity contribution is -0.126. The molecule has 0 unspecified atom stereocenters. The molecule has 1 aliphatic carbocycles. The molecule has 0 aliphatic heterocycles. The predicted octanol–water partition coefficient (Wildman–Crippen LogP) is 6.05. The van der Waals surface area contributed by atoms with E-state index in [9.17, 15) is 4.79 Å². The second-order valence-corrected chi connectivity index (χ2v) is 9.09. The fourth-order valence-electron chi connectivity index (χ4n) is 4.45. The number of hydrogen-bond acceptors (Lipinski definition) is 3. The highest BCUT2D eigenvalue weighted by Crippen LogP contribution is 2.24. The van der Waals surface area contributed by atoms with Gasteiger partial charge in [0.05, 0.1) is 24.2 Å². The minimum atomic E-state index is 0.162. The fourth-order valence-corrected chi connectivity index (χ4v) is 4.57. The van der Waals surface area contributed by atoms with Crippen LogP contribution >= 0.6 is 11.6 Å². The molecular formula is C26H32ClN3O2. The van der Waals surface area contributed by atoms with Gasteiger partial charge in [-0.05, 0) is 68.5 Å². The van der Waals surface area contributed by atoms with Crippen LogP contribution in [0.2, 0.25) is 5.02 Å². The topological polar surface area (TPSA) is 56.1 Å². The molecule has 0 spiro atoms. The van der Waals surface area contributed by atoms with Gasteiger partial charge in [-0.25, -0.2) is 4.98 Å². The molecule has 1 heterocycles. The maximum Gasteiger partial charge on any atom is 0.223 e. The van der Waals surface area contributed by atoms with E-state index in [0.717, 1.165) is 78.3 Å². The highest BCUT2D eigenvalue weighted by Gasteiger charge is 2.21. The monoisotopic (exact) mass is 453 g/mol. The zero-order valence-corrected chi connectivity index (χ0v) is 19.5. The third-order valence-electron chi connectivity index (χ3n) is 6.30. The molecule has 0 bridgehead atoms. The standard InChI is InChI=1S/C26H32ClN3O2/c1-19-17-21(13-14-22(19)27)32-16-8-7-15-30-24-12-6-5-11-23(24)29-25(30)18-28-26(31)20-9-3-2-4-10-20/h5-6,11-14,17,20H,2-4,7-10,15-16,18H2,1H3,(H,28,31). The number of benzene rings is 2. The molecule has 1 aliphatic rings. The molecule has 1 amide bonds. The SMILES string of the molecule is Cc1cc(OCCCCn2c(CNC(=O)C3CCCCC3)nc3ccccc32)ccc1Cl. The quantitative estimate of drug-likeness (QED) is 0.401. The van der Waals surface area contributed by atoms with Crippen LogP contribution in [-0.2, 0) is 17.9 Å². The van der Waals surface area contributed by atoms with E-state index in [1.807, 2.05) is 43.3 Å². The van der Waals surface area contributed by atoms with E-state index >= 15 is 0 Å². The molecule has 170 valence electrons. The molecule has 5 nitrogen and oxygen atoms in total. The normalized spacial score (nSPS) is 14.6. The summed E-state index contributed by atoms with van der Waals surface area (Å²) in [5.41, 5.74) is 3.11. The first-order valence-electron chi connectivity index (χ1n) is 11.7. The van der Waals surface area contributed by atoms with Crippen molar-refractivity contribution in [2.75, 3.05) is 6.61 Å². The minimum absolute atomic E-state index is 0.162. The van der Waals surface area contributed by atoms with Crippen molar-refractivity contribution in [3.63, 3.8) is 0 Å². The molecule has 0 radical (unpaired) electrons. The number of carbonyl (C=O) groups is 1. The Bertz CT molecular complexity index is 1060. The van der Waals surface area contributed by atoms with Crippen LogP contribution in [0.15, 0.2) is 42.5 Å². The first-order valence-corrected chi connectivity index (χ1v) is 12.1. The Balaban J connectivity index is 1.33. The van der Waals surface area contributed by atoms with Gasteiger partial charge in [-0.15, -0.1) is 0 Å². The highest BCUT2D eigenvalue weighted by molar-refractivity contribution is 6.31. The van der Waals surface area contributed by atoms with Gasteiger partial charge in [0.2, 0.25) is 5.91 Å². The van der Waals surface area contributed by atoms with Crippen molar-refractivity contribution in [2.24, 2.45) is 5.92 Å². The van der Waals surface area contributed by atoms with Crippen molar-refractivity contribution in [1.82, 2.24) is 14.9 Å². The number of carbonyl (C=O) groups excluding carboxylic acids is 1. The Morgan fingerprint density at radius 3 is 2.78 bits per heavy atom. The maximum atomic E-state index is 12.6. The highest BCUT2D eigenvalue weighted by atomic mass is 35.5. The number of ether oxygens (including phenoxy) is 1. The van der Waals surface area contributed by atoms with Gasteiger partial charge in [-0.1, -0.05) is 43.0 Å². The number of nitrogens with one attached hydrogen (secondary N) is 1. The number of unbranched alkanes of at least 4 members (excludes halogenated alkanes) is 1. The molecule has 1 fully saturated rings. The molecule has 2 aromatic carbocycles. The van der Waals surface area contributed by atoms with E-state index in [-0.39, 0.29) is 11.8 Å². The number of hydrogen-bond donors (Lipinski definition) is 1. The maximum absolute atomic E-state index is 12.6. The van der Waals surface area contributed by atoms with Crippen molar-refractivity contribution < 1.29 is 9.53 Å². The number of para-hydroxylation sites is 2. The number of halogens is 1. The number of aryl methyl sites for hydroxylation is 2. The van der Waals surface area contributed by atoms with Crippen LogP contribution in [0.4, 0.5) is 0 Å². The van der Waals surface area contributed by atoms with Crippen LogP contribution in [0.25, 0.3) is 11.0 Å². The van der Waals surface area contributed by atoms with Crippen LogP contribution in [0.3, 0.4) is 0 Å². The van der Waals surface area contributed by atoms with Gasteiger partial charge in [0.1, 0.15) is 11.6 Å². The van der Waals surface area contributed by atoms with Crippen molar-refractivity contribution in [3.05, 3.63) is 58.9 Å². The molecule has 1 saturated carbocycles. The van der Waals surface area contributed by atoms with E-state index in [2.05, 4.69) is 16.0 Å². The first-order chi connectivity index (χ1) is 15.6. The summed E-state index contributed by atoms with van der Waals surface area (Å²) in [6, 6.07) is 13.9. The van der Waals surface area contributed by atoms with Crippen LogP contribution < -0.4 is 10.1 Å². The molecular weight excluding hydrogens is 422 g/mol. The first kappa shape index (κ1) is 22.7. The smallest absolute Gasteiger partial charge is 0.223 e. The van der Waals surface area contributed by atoms with E-state index in [1.165, 1.54) is 6.42 Å². The molecule has 3 aromatic rings. The third kappa shape index (κ3) is 5.63. The van der Waals surface area contributed by atoms with Crippen molar-refractivity contribution in [2.45, 2.75) is 65.0 Å². The van der Waals surface area contributed by atoms with Crippen LogP contribution in [0.1, 0.15) is 56.3 Å². The summed E-state index contributed by atoms with van der Waals surface area (Å²) in [6.07, 6.45) is 7.49. The molecule has 4 rings (SSSR count).